The number of fused-ring (bicyclic) bond motifs is 5. The number of nitrogens with one attached hydrogen (secondary N) is 1. The Morgan fingerprint density at radius 2 is 1.87 bits per heavy atom. The summed E-state index contributed by atoms with van der Waals surface area (Å²) in [4.78, 5) is 27.3. The number of halogens is 1. The first-order valence-electron chi connectivity index (χ1n) is 13.6. The Morgan fingerprint density at radius 1 is 1.10 bits per heavy atom. The Bertz CT molecular complexity index is 1600. The highest BCUT2D eigenvalue weighted by Gasteiger charge is 2.49. The third kappa shape index (κ3) is 3.70. The molecule has 4 heterocycles. The van der Waals surface area contributed by atoms with Gasteiger partial charge in [0.1, 0.15) is 28.9 Å². The molecule has 1 aromatic carbocycles. The largest absolute Gasteiger partial charge is 0.507 e. The lowest BCUT2D eigenvalue weighted by molar-refractivity contribution is -0.155. The van der Waals surface area contributed by atoms with E-state index in [1.165, 1.54) is 19.4 Å². The summed E-state index contributed by atoms with van der Waals surface area (Å²) in [7, 11) is 1.46. The molecule has 200 valence electrons. The molecule has 3 saturated carbocycles. The quantitative estimate of drug-likeness (QED) is 0.341. The van der Waals surface area contributed by atoms with Crippen LogP contribution >= 0.6 is 0 Å². The third-order valence-electron chi connectivity index (χ3n) is 9.12. The zero-order valence-corrected chi connectivity index (χ0v) is 21.8. The number of ether oxygens (including phenoxy) is 1. The van der Waals surface area contributed by atoms with Crippen LogP contribution in [0, 0.1) is 23.6 Å². The van der Waals surface area contributed by atoms with Gasteiger partial charge < -0.3 is 19.7 Å². The summed E-state index contributed by atoms with van der Waals surface area (Å²) in [6, 6.07) is 8.52. The maximum absolute atomic E-state index is 14.2. The van der Waals surface area contributed by atoms with E-state index in [4.69, 9.17) is 14.7 Å². The number of aromatic nitrogens is 4. The molecular formula is C30H30FN5O3. The Morgan fingerprint density at radius 3 is 2.64 bits per heavy atom. The smallest absolute Gasteiger partial charge is 0.311 e. The zero-order chi connectivity index (χ0) is 26.8. The van der Waals surface area contributed by atoms with Gasteiger partial charge in [0.25, 0.3) is 0 Å². The zero-order valence-electron chi connectivity index (χ0n) is 21.8. The lowest BCUT2D eigenvalue weighted by Gasteiger charge is -2.47. The van der Waals surface area contributed by atoms with Crippen molar-refractivity contribution in [1.82, 2.24) is 19.5 Å². The number of carbonyl (C=O) groups is 1. The van der Waals surface area contributed by atoms with Crippen LogP contribution in [0.1, 0.15) is 56.0 Å². The fourth-order valence-corrected chi connectivity index (χ4v) is 7.37. The average molecular weight is 528 g/mol. The van der Waals surface area contributed by atoms with Crippen molar-refractivity contribution in [2.75, 3.05) is 12.4 Å². The standard InChI is InChI=1S/C30H30FN5O3/c1-15-24(20-11-18(31)12-32-27(20)34-15)28-33-13-21-22(19-5-3-4-6-23(19)37)14-36(29(21)35-28)26-17-9-7-16(8-10-17)25(26)30(38)39-2/h3-6,11-17,24-26,37H,7-10H2,1-2H3,(H,32,34)/t15?,16?,17?,24?,25-,26-/m1/s1. The van der Waals surface area contributed by atoms with Crippen molar-refractivity contribution < 1.29 is 19.0 Å². The van der Waals surface area contributed by atoms with Gasteiger partial charge in [-0.1, -0.05) is 18.2 Å². The fraction of sp³-hybridized carbons (Fsp3) is 0.400. The molecule has 4 aliphatic rings. The maximum atomic E-state index is 14.2. The van der Waals surface area contributed by atoms with Crippen molar-refractivity contribution in [2.45, 2.75) is 50.6 Å². The second-order valence-corrected chi connectivity index (χ2v) is 11.1. The van der Waals surface area contributed by atoms with Gasteiger partial charge in [0.15, 0.2) is 0 Å². The third-order valence-corrected chi connectivity index (χ3v) is 9.12. The molecular weight excluding hydrogens is 497 g/mol. The van der Waals surface area contributed by atoms with E-state index in [-0.39, 0.29) is 41.6 Å². The predicted molar refractivity (Wildman–Crippen MR) is 144 cm³/mol. The van der Waals surface area contributed by atoms with Crippen LogP contribution in [-0.2, 0) is 9.53 Å². The second-order valence-electron chi connectivity index (χ2n) is 11.1. The van der Waals surface area contributed by atoms with Gasteiger partial charge in [-0.3, -0.25) is 4.79 Å². The summed E-state index contributed by atoms with van der Waals surface area (Å²) in [5.41, 5.74) is 2.92. The number of carbonyl (C=O) groups excluding carboxylic acids is 1. The number of nitrogens with zero attached hydrogens (tertiary/aromatic N) is 4. The number of benzene rings is 1. The van der Waals surface area contributed by atoms with E-state index in [1.54, 1.807) is 18.3 Å². The van der Waals surface area contributed by atoms with Crippen LogP contribution in [0.4, 0.5) is 10.2 Å². The summed E-state index contributed by atoms with van der Waals surface area (Å²) >= 11 is 0. The highest BCUT2D eigenvalue weighted by molar-refractivity contribution is 5.95. The summed E-state index contributed by atoms with van der Waals surface area (Å²) in [5, 5.41) is 14.9. The summed E-state index contributed by atoms with van der Waals surface area (Å²) in [6.07, 6.45) is 9.16. The monoisotopic (exact) mass is 527 g/mol. The molecule has 8 rings (SSSR count). The van der Waals surface area contributed by atoms with E-state index < -0.39 is 5.82 Å². The normalized spacial score (nSPS) is 27.4. The molecule has 0 spiro atoms. The first-order valence-corrected chi connectivity index (χ1v) is 13.6. The van der Waals surface area contributed by atoms with E-state index in [1.807, 2.05) is 25.3 Å². The topological polar surface area (TPSA) is 102 Å². The van der Waals surface area contributed by atoms with Crippen LogP contribution in [0.2, 0.25) is 0 Å². The minimum absolute atomic E-state index is 0.0821. The number of esters is 1. The van der Waals surface area contributed by atoms with E-state index in [9.17, 15) is 14.3 Å². The number of anilines is 1. The average Bonchev–Trinajstić information content (AvgIpc) is 3.49. The Hall–Kier alpha value is -4.01. The molecule has 2 N–H and O–H groups in total. The predicted octanol–water partition coefficient (Wildman–Crippen LogP) is 5.43. The van der Waals surface area contributed by atoms with Crippen molar-refractivity contribution in [1.29, 1.82) is 0 Å². The fourth-order valence-electron chi connectivity index (χ4n) is 7.37. The van der Waals surface area contributed by atoms with Gasteiger partial charge in [-0.25, -0.2) is 19.3 Å². The molecule has 0 amide bonds. The molecule has 2 unspecified atom stereocenters. The van der Waals surface area contributed by atoms with Gasteiger partial charge in [-0.05, 0) is 56.6 Å². The van der Waals surface area contributed by atoms with Crippen molar-refractivity contribution in [2.24, 2.45) is 17.8 Å². The number of hydrogen-bond donors (Lipinski definition) is 2. The van der Waals surface area contributed by atoms with Crippen molar-refractivity contribution in [3.05, 3.63) is 66.1 Å². The van der Waals surface area contributed by atoms with Crippen molar-refractivity contribution in [3.63, 3.8) is 0 Å². The first kappa shape index (κ1) is 24.1. The lowest BCUT2D eigenvalue weighted by Crippen LogP contribution is -2.45. The number of rotatable bonds is 4. The van der Waals surface area contributed by atoms with Crippen LogP contribution in [0.3, 0.4) is 0 Å². The highest BCUT2D eigenvalue weighted by atomic mass is 19.1. The molecule has 4 atom stereocenters. The molecule has 39 heavy (non-hydrogen) atoms. The molecule has 4 aromatic rings. The Kier molecular flexibility index (Phi) is 5.57. The van der Waals surface area contributed by atoms with Crippen molar-refractivity contribution >= 4 is 22.8 Å². The van der Waals surface area contributed by atoms with Crippen molar-refractivity contribution in [3.8, 4) is 16.9 Å². The van der Waals surface area contributed by atoms with E-state index >= 15 is 0 Å². The number of pyridine rings is 1. The van der Waals surface area contributed by atoms with Crippen LogP contribution in [0.15, 0.2) is 48.9 Å². The van der Waals surface area contributed by atoms with Crippen LogP contribution in [0.5, 0.6) is 5.75 Å². The van der Waals surface area contributed by atoms with Gasteiger partial charge in [-0.15, -0.1) is 0 Å². The SMILES string of the molecule is COC(=O)[C@@H]1C2CCC(CC2)[C@H]1n1cc(-c2ccccc2O)c2cnc(C3c4cc(F)cnc4NC3C)nc21. The summed E-state index contributed by atoms with van der Waals surface area (Å²) in [6.45, 7) is 2.01. The minimum Gasteiger partial charge on any atom is -0.507 e. The maximum Gasteiger partial charge on any atom is 0.311 e. The summed E-state index contributed by atoms with van der Waals surface area (Å²) < 4.78 is 21.6. The van der Waals surface area contributed by atoms with Gasteiger partial charge in [0, 0.05) is 40.5 Å². The molecule has 9 heteroatoms. The Labute approximate surface area is 225 Å². The number of para-hydroxylation sites is 1. The molecule has 3 aliphatic carbocycles. The van der Waals surface area contributed by atoms with E-state index in [2.05, 4.69) is 14.9 Å². The van der Waals surface area contributed by atoms with E-state index in [0.29, 0.717) is 28.8 Å². The molecule has 0 saturated heterocycles. The van der Waals surface area contributed by atoms with Gasteiger partial charge in [-0.2, -0.15) is 0 Å². The molecule has 8 nitrogen and oxygen atoms in total. The van der Waals surface area contributed by atoms with Gasteiger partial charge in [0.2, 0.25) is 0 Å². The summed E-state index contributed by atoms with van der Waals surface area (Å²) in [5.74, 6) is 0.809. The number of methoxy groups -OCH3 is 1. The highest BCUT2D eigenvalue weighted by Crippen LogP contribution is 2.53. The number of aromatic hydroxyl groups is 1. The minimum atomic E-state index is -0.403. The van der Waals surface area contributed by atoms with Gasteiger partial charge >= 0.3 is 5.97 Å². The molecule has 2 bridgehead atoms. The van der Waals surface area contributed by atoms with Crippen LogP contribution in [-0.4, -0.2) is 43.7 Å². The number of phenols is 1. The number of phenolic OH excluding ortho intramolecular Hbond substituents is 1. The second kappa shape index (κ2) is 9.03. The molecule has 3 fully saturated rings. The number of hydrogen-bond acceptors (Lipinski definition) is 7. The van der Waals surface area contributed by atoms with Crippen LogP contribution < -0.4 is 5.32 Å². The lowest BCUT2D eigenvalue weighted by atomic mass is 9.61. The van der Waals surface area contributed by atoms with Crippen LogP contribution in [0.25, 0.3) is 22.2 Å². The van der Waals surface area contributed by atoms with E-state index in [0.717, 1.165) is 42.2 Å². The molecule has 0 radical (unpaired) electrons. The Balaban J connectivity index is 1.44. The first-order chi connectivity index (χ1) is 18.9. The van der Waals surface area contributed by atoms with Gasteiger partial charge in [0.05, 0.1) is 31.2 Å². The molecule has 3 aromatic heterocycles. The molecule has 1 aliphatic heterocycles.